The molecule has 1 atom stereocenters. The monoisotopic (exact) mass is 247 g/mol. The summed E-state index contributed by atoms with van der Waals surface area (Å²) in [5, 5.41) is 3.61. The topological polar surface area (TPSA) is 28.2 Å². The van der Waals surface area contributed by atoms with Gasteiger partial charge >= 0.3 is 0 Å². The van der Waals surface area contributed by atoms with E-state index in [1.165, 1.54) is 19.3 Å². The Morgan fingerprint density at radius 1 is 1.28 bits per heavy atom. The van der Waals surface area contributed by atoms with E-state index < -0.39 is 0 Å². The Kier molecular flexibility index (Phi) is 4.45. The number of nitrogens with one attached hydrogen (secondary N) is 1. The fourth-order valence-electron chi connectivity index (χ4n) is 2.47. The van der Waals surface area contributed by atoms with Crippen LogP contribution in [0.5, 0.6) is 0 Å². The number of hydrogen-bond donors (Lipinski definition) is 1. The molecule has 3 heteroatoms. The molecule has 3 nitrogen and oxygen atoms in total. The van der Waals surface area contributed by atoms with Crippen molar-refractivity contribution >= 4 is 11.5 Å². The molecule has 1 saturated carbocycles. The van der Waals surface area contributed by atoms with Gasteiger partial charge in [-0.05, 0) is 51.2 Å². The van der Waals surface area contributed by atoms with Crippen molar-refractivity contribution in [1.29, 1.82) is 0 Å². The molecule has 0 aromatic carbocycles. The summed E-state index contributed by atoms with van der Waals surface area (Å²) in [5.74, 6) is 1.96. The molecule has 1 heterocycles. The minimum absolute atomic E-state index is 0.631. The summed E-state index contributed by atoms with van der Waals surface area (Å²) in [4.78, 5) is 6.82. The molecule has 0 aliphatic heterocycles. The second-order valence-electron chi connectivity index (χ2n) is 5.07. The molecule has 0 saturated heterocycles. The van der Waals surface area contributed by atoms with Gasteiger partial charge in [-0.2, -0.15) is 0 Å². The fourth-order valence-corrected chi connectivity index (χ4v) is 2.47. The Balaban J connectivity index is 1.98. The van der Waals surface area contributed by atoms with Crippen LogP contribution in [0.1, 0.15) is 40.0 Å². The molecule has 1 aromatic rings. The van der Waals surface area contributed by atoms with Crippen LogP contribution in [0.3, 0.4) is 0 Å². The third-order valence-corrected chi connectivity index (χ3v) is 3.82. The summed E-state index contributed by atoms with van der Waals surface area (Å²) in [6, 6.07) is 4.91. The maximum absolute atomic E-state index is 4.55. The van der Waals surface area contributed by atoms with E-state index in [0.717, 1.165) is 30.5 Å². The van der Waals surface area contributed by atoms with Crippen molar-refractivity contribution in [2.75, 3.05) is 23.3 Å². The molecule has 0 amide bonds. The molecule has 1 aliphatic rings. The molecule has 0 bridgehead atoms. The standard InChI is InChI=1S/C15H25N3/c1-4-14(12-7-8-12)17-13-9-10-15(16-11-13)18(5-2)6-3/h9-12,14,17H,4-8H2,1-3H3. The zero-order valence-corrected chi connectivity index (χ0v) is 11.8. The number of nitrogens with zero attached hydrogens (tertiary/aromatic N) is 2. The molecular formula is C15H25N3. The number of anilines is 2. The van der Waals surface area contributed by atoms with Gasteiger partial charge in [0, 0.05) is 19.1 Å². The van der Waals surface area contributed by atoms with Crippen molar-refractivity contribution in [2.45, 2.75) is 46.1 Å². The summed E-state index contributed by atoms with van der Waals surface area (Å²) < 4.78 is 0. The van der Waals surface area contributed by atoms with Crippen LogP contribution in [0, 0.1) is 5.92 Å². The highest BCUT2D eigenvalue weighted by atomic mass is 15.2. The van der Waals surface area contributed by atoms with Crippen LogP contribution in [-0.2, 0) is 0 Å². The summed E-state index contributed by atoms with van der Waals surface area (Å²) >= 11 is 0. The van der Waals surface area contributed by atoms with E-state index in [1.807, 2.05) is 6.20 Å². The van der Waals surface area contributed by atoms with Crippen LogP contribution in [0.15, 0.2) is 18.3 Å². The van der Waals surface area contributed by atoms with Gasteiger partial charge in [-0.3, -0.25) is 0 Å². The van der Waals surface area contributed by atoms with Crippen molar-refractivity contribution in [3.05, 3.63) is 18.3 Å². The summed E-state index contributed by atoms with van der Waals surface area (Å²) in [7, 11) is 0. The predicted molar refractivity (Wildman–Crippen MR) is 78.2 cm³/mol. The fraction of sp³-hybridized carbons (Fsp3) is 0.667. The average Bonchev–Trinajstić information content (AvgIpc) is 3.23. The zero-order valence-electron chi connectivity index (χ0n) is 11.8. The Bertz CT molecular complexity index is 353. The van der Waals surface area contributed by atoms with Crippen molar-refractivity contribution in [3.8, 4) is 0 Å². The van der Waals surface area contributed by atoms with Crippen LogP contribution in [0.25, 0.3) is 0 Å². The molecule has 1 N–H and O–H groups in total. The lowest BCUT2D eigenvalue weighted by molar-refractivity contribution is 0.616. The lowest BCUT2D eigenvalue weighted by Crippen LogP contribution is -2.23. The van der Waals surface area contributed by atoms with E-state index in [9.17, 15) is 0 Å². The highest BCUT2D eigenvalue weighted by Crippen LogP contribution is 2.35. The van der Waals surface area contributed by atoms with Crippen LogP contribution < -0.4 is 10.2 Å². The van der Waals surface area contributed by atoms with Gasteiger partial charge in [0.2, 0.25) is 0 Å². The Labute approximate surface area is 111 Å². The summed E-state index contributed by atoms with van der Waals surface area (Å²) in [6.45, 7) is 8.61. The highest BCUT2D eigenvalue weighted by Gasteiger charge is 2.29. The average molecular weight is 247 g/mol. The van der Waals surface area contributed by atoms with Crippen molar-refractivity contribution in [1.82, 2.24) is 4.98 Å². The lowest BCUT2D eigenvalue weighted by atomic mass is 10.1. The van der Waals surface area contributed by atoms with Gasteiger partial charge < -0.3 is 10.2 Å². The maximum atomic E-state index is 4.55. The molecule has 2 rings (SSSR count). The molecule has 1 fully saturated rings. The molecule has 1 aliphatic carbocycles. The van der Waals surface area contributed by atoms with Crippen LogP contribution >= 0.6 is 0 Å². The zero-order chi connectivity index (χ0) is 13.0. The van der Waals surface area contributed by atoms with E-state index in [2.05, 4.69) is 48.1 Å². The van der Waals surface area contributed by atoms with E-state index in [4.69, 9.17) is 0 Å². The largest absolute Gasteiger partial charge is 0.381 e. The minimum atomic E-state index is 0.631. The van der Waals surface area contributed by atoms with Gasteiger partial charge in [0.15, 0.2) is 0 Å². The number of rotatable bonds is 7. The first-order valence-corrected chi connectivity index (χ1v) is 7.26. The van der Waals surface area contributed by atoms with E-state index in [0.29, 0.717) is 6.04 Å². The van der Waals surface area contributed by atoms with Crippen molar-refractivity contribution < 1.29 is 0 Å². The van der Waals surface area contributed by atoms with Crippen LogP contribution in [-0.4, -0.2) is 24.1 Å². The number of hydrogen-bond acceptors (Lipinski definition) is 3. The molecule has 0 radical (unpaired) electrons. The minimum Gasteiger partial charge on any atom is -0.381 e. The molecular weight excluding hydrogens is 222 g/mol. The summed E-state index contributed by atoms with van der Waals surface area (Å²) in [6.07, 6.45) is 5.94. The van der Waals surface area contributed by atoms with Crippen molar-refractivity contribution in [3.63, 3.8) is 0 Å². The van der Waals surface area contributed by atoms with Gasteiger partial charge in [-0.1, -0.05) is 6.92 Å². The molecule has 0 spiro atoms. The normalized spacial score (nSPS) is 16.4. The summed E-state index contributed by atoms with van der Waals surface area (Å²) in [5.41, 5.74) is 1.16. The maximum Gasteiger partial charge on any atom is 0.128 e. The Morgan fingerprint density at radius 3 is 2.44 bits per heavy atom. The molecule has 1 aromatic heterocycles. The number of pyridine rings is 1. The number of aromatic nitrogens is 1. The SMILES string of the molecule is CCC(Nc1ccc(N(CC)CC)nc1)C1CC1. The van der Waals surface area contributed by atoms with Crippen LogP contribution in [0.4, 0.5) is 11.5 Å². The Morgan fingerprint density at radius 2 is 2.00 bits per heavy atom. The van der Waals surface area contributed by atoms with Crippen LogP contribution in [0.2, 0.25) is 0 Å². The quantitative estimate of drug-likeness (QED) is 0.799. The van der Waals surface area contributed by atoms with E-state index in [1.54, 1.807) is 0 Å². The molecule has 100 valence electrons. The highest BCUT2D eigenvalue weighted by molar-refractivity contribution is 5.49. The smallest absolute Gasteiger partial charge is 0.128 e. The van der Waals surface area contributed by atoms with Crippen molar-refractivity contribution in [2.24, 2.45) is 5.92 Å². The predicted octanol–water partition coefficient (Wildman–Crippen LogP) is 3.53. The first kappa shape index (κ1) is 13.2. The van der Waals surface area contributed by atoms with Gasteiger partial charge in [-0.25, -0.2) is 4.98 Å². The second kappa shape index (κ2) is 6.07. The van der Waals surface area contributed by atoms with Gasteiger partial charge in [-0.15, -0.1) is 0 Å². The first-order valence-electron chi connectivity index (χ1n) is 7.26. The van der Waals surface area contributed by atoms with Gasteiger partial charge in [0.25, 0.3) is 0 Å². The van der Waals surface area contributed by atoms with E-state index in [-0.39, 0.29) is 0 Å². The lowest BCUT2D eigenvalue weighted by Gasteiger charge is -2.21. The first-order chi connectivity index (χ1) is 8.78. The third kappa shape index (κ3) is 3.15. The van der Waals surface area contributed by atoms with Gasteiger partial charge in [0.05, 0.1) is 11.9 Å². The third-order valence-electron chi connectivity index (χ3n) is 3.82. The second-order valence-corrected chi connectivity index (χ2v) is 5.07. The van der Waals surface area contributed by atoms with E-state index >= 15 is 0 Å². The molecule has 18 heavy (non-hydrogen) atoms. The molecule has 1 unspecified atom stereocenters. The van der Waals surface area contributed by atoms with Gasteiger partial charge in [0.1, 0.15) is 5.82 Å². The Hall–Kier alpha value is -1.25.